The van der Waals surface area contributed by atoms with E-state index in [9.17, 15) is 18.0 Å². The lowest BCUT2D eigenvalue weighted by Gasteiger charge is -2.51. The average Bonchev–Trinajstić information content (AvgIpc) is 2.86. The van der Waals surface area contributed by atoms with Gasteiger partial charge in [0.15, 0.2) is 0 Å². The van der Waals surface area contributed by atoms with E-state index in [0.717, 1.165) is 60.7 Å². The second kappa shape index (κ2) is 8.83. The van der Waals surface area contributed by atoms with Gasteiger partial charge in [-0.25, -0.2) is 0 Å². The number of fused-ring (bicyclic) bond motifs is 4. The minimum Gasteiger partial charge on any atom is -0.342 e. The van der Waals surface area contributed by atoms with Gasteiger partial charge < -0.3 is 5.32 Å². The molecule has 1 N–H and O–H groups in total. The number of para-hydroxylation sites is 1. The topological polar surface area (TPSA) is 58.1 Å². The summed E-state index contributed by atoms with van der Waals surface area (Å²) in [5.74, 6) is 0.243. The summed E-state index contributed by atoms with van der Waals surface area (Å²) >= 11 is 0. The van der Waals surface area contributed by atoms with E-state index in [1.165, 1.54) is 0 Å². The van der Waals surface area contributed by atoms with Crippen LogP contribution in [0.1, 0.15) is 40.5 Å². The van der Waals surface area contributed by atoms with Gasteiger partial charge in [0.1, 0.15) is 5.69 Å². The molecule has 0 spiro atoms. The molecule has 3 aromatic rings. The molecule has 1 amide bonds. The van der Waals surface area contributed by atoms with Crippen molar-refractivity contribution in [3.8, 4) is 0 Å². The lowest BCUT2D eigenvalue weighted by atomic mass is 9.73. The third-order valence-corrected chi connectivity index (χ3v) is 7.16. The van der Waals surface area contributed by atoms with Crippen LogP contribution in [-0.4, -0.2) is 39.9 Å². The van der Waals surface area contributed by atoms with Crippen LogP contribution in [0, 0.1) is 11.8 Å². The monoisotopic (exact) mass is 466 g/mol. The molecular formula is C26H25F3N4O. The van der Waals surface area contributed by atoms with Crippen molar-refractivity contribution in [1.82, 2.24) is 20.2 Å². The number of alkyl halides is 3. The van der Waals surface area contributed by atoms with Crippen LogP contribution in [-0.2, 0) is 6.18 Å². The number of carbonyl (C=O) groups excluding carboxylic acids is 1. The number of piperidine rings is 3. The normalized spacial score (nSPS) is 25.1. The molecule has 6 rings (SSSR count). The molecule has 34 heavy (non-hydrogen) atoms. The van der Waals surface area contributed by atoms with Crippen LogP contribution in [0.15, 0.2) is 67.5 Å². The number of pyridine rings is 2. The molecule has 4 unspecified atom stereocenters. The predicted octanol–water partition coefficient (Wildman–Crippen LogP) is 5.02. The molecule has 3 saturated heterocycles. The van der Waals surface area contributed by atoms with Gasteiger partial charge in [0.25, 0.3) is 5.91 Å². The summed E-state index contributed by atoms with van der Waals surface area (Å²) in [6, 6.07) is 10.8. The van der Waals surface area contributed by atoms with Crippen molar-refractivity contribution in [2.75, 3.05) is 13.1 Å². The highest BCUT2D eigenvalue weighted by Gasteiger charge is 2.43. The number of carbonyl (C=O) groups is 1. The van der Waals surface area contributed by atoms with Gasteiger partial charge in [0, 0.05) is 30.4 Å². The van der Waals surface area contributed by atoms with Crippen molar-refractivity contribution in [1.29, 1.82) is 0 Å². The van der Waals surface area contributed by atoms with Crippen LogP contribution in [0.2, 0.25) is 0 Å². The van der Waals surface area contributed by atoms with Crippen LogP contribution in [0.25, 0.3) is 10.9 Å². The zero-order chi connectivity index (χ0) is 23.9. The summed E-state index contributed by atoms with van der Waals surface area (Å²) in [5.41, 5.74) is 0.556. The zero-order valence-corrected chi connectivity index (χ0v) is 18.5. The van der Waals surface area contributed by atoms with Crippen molar-refractivity contribution in [2.45, 2.75) is 31.1 Å². The number of halogens is 3. The van der Waals surface area contributed by atoms with E-state index in [4.69, 9.17) is 0 Å². The van der Waals surface area contributed by atoms with E-state index in [0.29, 0.717) is 11.8 Å². The Kier molecular flexibility index (Phi) is 5.85. The molecule has 3 aliphatic heterocycles. The van der Waals surface area contributed by atoms with Gasteiger partial charge in [0.05, 0.1) is 17.1 Å². The molecule has 0 saturated carbocycles. The molecule has 1 aromatic carbocycles. The van der Waals surface area contributed by atoms with Crippen molar-refractivity contribution < 1.29 is 18.0 Å². The van der Waals surface area contributed by atoms with Crippen molar-refractivity contribution in [3.63, 3.8) is 0 Å². The first-order valence-corrected chi connectivity index (χ1v) is 11.4. The fourth-order valence-corrected chi connectivity index (χ4v) is 5.44. The average molecular weight is 467 g/mol. The number of rotatable bonds is 5. The van der Waals surface area contributed by atoms with E-state index < -0.39 is 23.7 Å². The van der Waals surface area contributed by atoms with Gasteiger partial charge in [0.2, 0.25) is 0 Å². The first-order chi connectivity index (χ1) is 16.3. The molecule has 0 radical (unpaired) electrons. The fourth-order valence-electron chi connectivity index (χ4n) is 5.44. The SMILES string of the molecule is C=CC1CN2CCC1CC2[C@H](NC(=O)c1cc(C(F)(F)F)ccn1)c1ccnc2ccccc12. The second-order valence-electron chi connectivity index (χ2n) is 9.04. The minimum atomic E-state index is -4.55. The van der Waals surface area contributed by atoms with Crippen LogP contribution in [0.4, 0.5) is 13.2 Å². The van der Waals surface area contributed by atoms with E-state index in [-0.39, 0.29) is 11.7 Å². The van der Waals surface area contributed by atoms with Crippen molar-refractivity contribution in [3.05, 3.63) is 84.3 Å². The summed E-state index contributed by atoms with van der Waals surface area (Å²) in [6.45, 7) is 5.75. The molecule has 8 heteroatoms. The van der Waals surface area contributed by atoms with Gasteiger partial charge in [-0.1, -0.05) is 24.3 Å². The third-order valence-electron chi connectivity index (χ3n) is 7.16. The number of benzene rings is 1. The highest BCUT2D eigenvalue weighted by atomic mass is 19.4. The van der Waals surface area contributed by atoms with E-state index in [1.807, 2.05) is 36.4 Å². The van der Waals surface area contributed by atoms with Crippen molar-refractivity contribution in [2.24, 2.45) is 11.8 Å². The standard InChI is InChI=1S/C26H25F3N4O/c1-2-16-15-33-12-9-17(16)13-23(33)24(20-8-11-30-21-6-4-3-5-19(20)21)32-25(34)22-14-18(7-10-31-22)26(27,28)29/h2-8,10-11,14,16-17,23-24H,1,9,12-13,15H2,(H,32,34)/t16?,17?,23?,24-/m1/s1. The van der Waals surface area contributed by atoms with Gasteiger partial charge in [-0.15, -0.1) is 6.58 Å². The molecule has 2 bridgehead atoms. The number of nitrogens with zero attached hydrogens (tertiary/aromatic N) is 3. The molecule has 5 atom stereocenters. The quantitative estimate of drug-likeness (QED) is 0.537. The second-order valence-corrected chi connectivity index (χ2v) is 9.04. The third kappa shape index (κ3) is 4.18. The zero-order valence-electron chi connectivity index (χ0n) is 18.5. The molecule has 5 nitrogen and oxygen atoms in total. The van der Waals surface area contributed by atoms with Crippen LogP contribution in [0.3, 0.4) is 0 Å². The molecular weight excluding hydrogens is 441 g/mol. The summed E-state index contributed by atoms with van der Waals surface area (Å²) in [7, 11) is 0. The van der Waals surface area contributed by atoms with Gasteiger partial charge in [-0.3, -0.25) is 19.7 Å². The highest BCUT2D eigenvalue weighted by Crippen LogP contribution is 2.42. The molecule has 2 aromatic heterocycles. The van der Waals surface area contributed by atoms with Crippen LogP contribution < -0.4 is 5.32 Å². The number of aromatic nitrogens is 2. The number of hydrogen-bond acceptors (Lipinski definition) is 4. The Morgan fingerprint density at radius 1 is 1.18 bits per heavy atom. The summed E-state index contributed by atoms with van der Waals surface area (Å²) in [5, 5.41) is 3.96. The van der Waals surface area contributed by atoms with Crippen molar-refractivity contribution >= 4 is 16.8 Å². The first-order valence-electron chi connectivity index (χ1n) is 11.4. The largest absolute Gasteiger partial charge is 0.416 e. The van der Waals surface area contributed by atoms with E-state index in [2.05, 4.69) is 26.8 Å². The highest BCUT2D eigenvalue weighted by molar-refractivity contribution is 5.93. The summed E-state index contributed by atoms with van der Waals surface area (Å²) in [6.07, 6.45) is 2.13. The molecule has 3 aliphatic rings. The molecule has 176 valence electrons. The van der Waals surface area contributed by atoms with Gasteiger partial charge in [-0.05, 0) is 61.1 Å². The number of hydrogen-bond donors (Lipinski definition) is 1. The fraction of sp³-hybridized carbons (Fsp3) is 0.346. The van der Waals surface area contributed by atoms with E-state index in [1.54, 1.807) is 6.20 Å². The number of amides is 1. The van der Waals surface area contributed by atoms with E-state index >= 15 is 0 Å². The maximum Gasteiger partial charge on any atom is 0.416 e. The Balaban J connectivity index is 1.53. The van der Waals surface area contributed by atoms with Gasteiger partial charge >= 0.3 is 6.18 Å². The van der Waals surface area contributed by atoms with Crippen LogP contribution >= 0.6 is 0 Å². The Hall–Kier alpha value is -3.26. The lowest BCUT2D eigenvalue weighted by molar-refractivity contribution is -0.137. The smallest absolute Gasteiger partial charge is 0.342 e. The Morgan fingerprint density at radius 2 is 1.97 bits per heavy atom. The summed E-state index contributed by atoms with van der Waals surface area (Å²) in [4.78, 5) is 24.0. The summed E-state index contributed by atoms with van der Waals surface area (Å²) < 4.78 is 39.6. The number of nitrogens with one attached hydrogen (secondary N) is 1. The van der Waals surface area contributed by atoms with Crippen LogP contribution in [0.5, 0.6) is 0 Å². The first kappa shape index (κ1) is 22.5. The Bertz CT molecular complexity index is 1220. The maximum absolute atomic E-state index is 13.2. The molecule has 0 aliphatic carbocycles. The molecule has 3 fully saturated rings. The lowest BCUT2D eigenvalue weighted by Crippen LogP contribution is -2.57. The maximum atomic E-state index is 13.2. The Labute approximate surface area is 195 Å². The Morgan fingerprint density at radius 3 is 2.71 bits per heavy atom. The molecule has 5 heterocycles. The van der Waals surface area contributed by atoms with Gasteiger partial charge in [-0.2, -0.15) is 13.2 Å². The minimum absolute atomic E-state index is 0.00973. The predicted molar refractivity (Wildman–Crippen MR) is 123 cm³/mol.